The molecule has 0 saturated carbocycles. The lowest BCUT2D eigenvalue weighted by molar-refractivity contribution is -0.113. The van der Waals surface area contributed by atoms with Gasteiger partial charge in [-0.2, -0.15) is 5.10 Å². The number of carbonyl (C=O) groups excluding carboxylic acids is 1. The predicted octanol–water partition coefficient (Wildman–Crippen LogP) is 2.11. The van der Waals surface area contributed by atoms with E-state index in [1.54, 1.807) is 4.68 Å². The van der Waals surface area contributed by atoms with Crippen molar-refractivity contribution in [1.82, 2.24) is 14.8 Å². The van der Waals surface area contributed by atoms with Gasteiger partial charge in [-0.15, -0.1) is 11.8 Å². The Morgan fingerprint density at radius 2 is 2.10 bits per heavy atom. The van der Waals surface area contributed by atoms with E-state index in [9.17, 15) is 4.79 Å². The maximum absolute atomic E-state index is 12.0. The number of nitrogen functional groups attached to an aromatic ring is 1. The lowest BCUT2D eigenvalue weighted by Crippen LogP contribution is -2.15. The summed E-state index contributed by atoms with van der Waals surface area (Å²) >= 11 is 2.86. The number of anilines is 2. The van der Waals surface area contributed by atoms with Crippen LogP contribution in [-0.2, 0) is 11.8 Å². The Bertz CT molecular complexity index is 647. The van der Waals surface area contributed by atoms with Gasteiger partial charge in [0.2, 0.25) is 5.91 Å². The summed E-state index contributed by atoms with van der Waals surface area (Å²) < 4.78 is 2.74. The molecular weight excluding hydrogens is 294 g/mol. The van der Waals surface area contributed by atoms with Gasteiger partial charge in [0.15, 0.2) is 5.13 Å². The predicted molar refractivity (Wildman–Crippen MR) is 83.3 cm³/mol. The fourth-order valence-electron chi connectivity index (χ4n) is 1.80. The van der Waals surface area contributed by atoms with Crippen molar-refractivity contribution < 1.29 is 4.79 Å². The van der Waals surface area contributed by atoms with Crippen LogP contribution in [0.5, 0.6) is 0 Å². The van der Waals surface area contributed by atoms with Crippen molar-refractivity contribution in [2.75, 3.05) is 16.8 Å². The molecule has 0 aromatic carbocycles. The van der Waals surface area contributed by atoms with Crippen LogP contribution in [0.3, 0.4) is 0 Å². The van der Waals surface area contributed by atoms with E-state index in [2.05, 4.69) is 15.4 Å². The molecule has 0 aliphatic carbocycles. The van der Waals surface area contributed by atoms with Crippen LogP contribution in [-0.4, -0.2) is 26.4 Å². The van der Waals surface area contributed by atoms with Gasteiger partial charge in [0, 0.05) is 7.05 Å². The summed E-state index contributed by atoms with van der Waals surface area (Å²) in [6, 6.07) is 0. The van der Waals surface area contributed by atoms with E-state index in [1.807, 2.05) is 27.8 Å². The van der Waals surface area contributed by atoms with E-state index in [-0.39, 0.29) is 5.91 Å². The summed E-state index contributed by atoms with van der Waals surface area (Å²) in [4.78, 5) is 16.1. The molecule has 0 aliphatic rings. The standard InChI is InChI=1S/C12H17N5OS2/c1-6-10(8(3)17(4)16-6)15-9(18)5-19-11-7(2)14-12(13)20-11/h5H2,1-4H3,(H2,13,14)(H,15,18). The monoisotopic (exact) mass is 311 g/mol. The first-order valence-electron chi connectivity index (χ1n) is 6.04. The molecular formula is C12H17N5OS2. The van der Waals surface area contributed by atoms with E-state index < -0.39 is 0 Å². The Kier molecular flexibility index (Phi) is 4.34. The van der Waals surface area contributed by atoms with E-state index >= 15 is 0 Å². The third-order valence-corrected chi connectivity index (χ3v) is 5.23. The Balaban J connectivity index is 1.98. The van der Waals surface area contributed by atoms with Gasteiger partial charge < -0.3 is 11.1 Å². The molecule has 108 valence electrons. The topological polar surface area (TPSA) is 85.8 Å². The largest absolute Gasteiger partial charge is 0.375 e. The average molecular weight is 311 g/mol. The Morgan fingerprint density at radius 1 is 1.40 bits per heavy atom. The zero-order chi connectivity index (χ0) is 14.9. The number of thiazole rings is 1. The molecule has 3 N–H and O–H groups in total. The zero-order valence-electron chi connectivity index (χ0n) is 11.9. The molecule has 2 heterocycles. The van der Waals surface area contributed by atoms with Crippen molar-refractivity contribution >= 4 is 39.8 Å². The number of aryl methyl sites for hydroxylation is 3. The molecule has 0 unspecified atom stereocenters. The molecule has 2 rings (SSSR count). The third-order valence-electron chi connectivity index (χ3n) is 2.88. The molecule has 0 atom stereocenters. The van der Waals surface area contributed by atoms with Crippen LogP contribution < -0.4 is 11.1 Å². The summed E-state index contributed by atoms with van der Waals surface area (Å²) in [5, 5.41) is 7.71. The SMILES string of the molecule is Cc1nc(N)sc1SCC(=O)Nc1c(C)nn(C)c1C. The minimum Gasteiger partial charge on any atom is -0.375 e. The number of nitrogens with zero attached hydrogens (tertiary/aromatic N) is 3. The maximum Gasteiger partial charge on any atom is 0.234 e. The average Bonchev–Trinajstić information content (AvgIpc) is 2.81. The molecule has 2 aromatic rings. The molecule has 6 nitrogen and oxygen atoms in total. The highest BCUT2D eigenvalue weighted by atomic mass is 32.2. The first-order valence-corrected chi connectivity index (χ1v) is 7.84. The molecule has 0 radical (unpaired) electrons. The first-order chi connectivity index (χ1) is 9.38. The van der Waals surface area contributed by atoms with Gasteiger partial charge in [-0.25, -0.2) is 4.98 Å². The number of rotatable bonds is 4. The van der Waals surface area contributed by atoms with Crippen molar-refractivity contribution in [3.8, 4) is 0 Å². The number of amides is 1. The lowest BCUT2D eigenvalue weighted by Gasteiger charge is -2.05. The van der Waals surface area contributed by atoms with Crippen LogP contribution in [0, 0.1) is 20.8 Å². The third kappa shape index (κ3) is 3.13. The van der Waals surface area contributed by atoms with Gasteiger partial charge in [0.25, 0.3) is 0 Å². The first kappa shape index (κ1) is 14.9. The van der Waals surface area contributed by atoms with Crippen LogP contribution in [0.25, 0.3) is 0 Å². The molecule has 2 aromatic heterocycles. The zero-order valence-corrected chi connectivity index (χ0v) is 13.5. The van der Waals surface area contributed by atoms with Crippen LogP contribution in [0.1, 0.15) is 17.1 Å². The van der Waals surface area contributed by atoms with Gasteiger partial charge in [-0.1, -0.05) is 11.3 Å². The maximum atomic E-state index is 12.0. The summed E-state index contributed by atoms with van der Waals surface area (Å²) in [6.45, 7) is 5.70. The van der Waals surface area contributed by atoms with Crippen molar-refractivity contribution in [2.24, 2.45) is 7.05 Å². The quantitative estimate of drug-likeness (QED) is 0.845. The normalized spacial score (nSPS) is 10.8. The van der Waals surface area contributed by atoms with Gasteiger partial charge in [0.1, 0.15) is 0 Å². The highest BCUT2D eigenvalue weighted by Gasteiger charge is 2.14. The molecule has 0 bridgehead atoms. The van der Waals surface area contributed by atoms with Gasteiger partial charge in [-0.05, 0) is 20.8 Å². The molecule has 1 amide bonds. The van der Waals surface area contributed by atoms with Crippen molar-refractivity contribution in [1.29, 1.82) is 0 Å². The van der Waals surface area contributed by atoms with Crippen LogP contribution in [0.2, 0.25) is 0 Å². The van der Waals surface area contributed by atoms with E-state index in [0.717, 1.165) is 27.0 Å². The van der Waals surface area contributed by atoms with Crippen molar-refractivity contribution in [3.05, 3.63) is 17.1 Å². The second kappa shape index (κ2) is 5.84. The lowest BCUT2D eigenvalue weighted by atomic mass is 10.3. The Labute approximate surface area is 125 Å². The fraction of sp³-hybridized carbons (Fsp3) is 0.417. The van der Waals surface area contributed by atoms with Gasteiger partial charge >= 0.3 is 0 Å². The molecule has 0 aliphatic heterocycles. The molecule has 0 saturated heterocycles. The van der Waals surface area contributed by atoms with E-state index in [1.165, 1.54) is 23.1 Å². The summed E-state index contributed by atoms with van der Waals surface area (Å²) in [7, 11) is 1.86. The minimum atomic E-state index is -0.0550. The van der Waals surface area contributed by atoms with Gasteiger partial charge in [0.05, 0.1) is 32.7 Å². The number of thioether (sulfide) groups is 1. The second-order valence-electron chi connectivity index (χ2n) is 4.43. The van der Waals surface area contributed by atoms with Crippen molar-refractivity contribution in [3.63, 3.8) is 0 Å². The summed E-state index contributed by atoms with van der Waals surface area (Å²) in [5.41, 5.74) is 9.06. The highest BCUT2D eigenvalue weighted by Crippen LogP contribution is 2.30. The fourth-order valence-corrected chi connectivity index (χ4v) is 3.62. The highest BCUT2D eigenvalue weighted by molar-refractivity contribution is 8.01. The van der Waals surface area contributed by atoms with E-state index in [0.29, 0.717) is 10.9 Å². The smallest absolute Gasteiger partial charge is 0.234 e. The number of carbonyl (C=O) groups is 1. The van der Waals surface area contributed by atoms with Crippen molar-refractivity contribution in [2.45, 2.75) is 25.0 Å². The van der Waals surface area contributed by atoms with Crippen LogP contribution >= 0.6 is 23.1 Å². The number of nitrogens with one attached hydrogen (secondary N) is 1. The Morgan fingerprint density at radius 3 is 2.60 bits per heavy atom. The number of nitrogens with two attached hydrogens (primary N) is 1. The summed E-state index contributed by atoms with van der Waals surface area (Å²) in [6.07, 6.45) is 0. The van der Waals surface area contributed by atoms with Gasteiger partial charge in [-0.3, -0.25) is 9.48 Å². The molecule has 0 spiro atoms. The second-order valence-corrected chi connectivity index (χ2v) is 6.71. The summed E-state index contributed by atoms with van der Waals surface area (Å²) in [5.74, 6) is 0.275. The number of hydrogen-bond donors (Lipinski definition) is 2. The molecule has 0 fully saturated rings. The molecule has 8 heteroatoms. The Hall–Kier alpha value is -1.54. The van der Waals surface area contributed by atoms with Crippen LogP contribution in [0.4, 0.5) is 10.8 Å². The molecule has 20 heavy (non-hydrogen) atoms. The van der Waals surface area contributed by atoms with E-state index in [4.69, 9.17) is 5.73 Å². The number of hydrogen-bond acceptors (Lipinski definition) is 6. The van der Waals surface area contributed by atoms with Crippen LogP contribution in [0.15, 0.2) is 4.21 Å². The number of aromatic nitrogens is 3. The minimum absolute atomic E-state index is 0.0550.